The smallest absolute Gasteiger partial charge is 0.251 e. The van der Waals surface area contributed by atoms with Crippen LogP contribution in [0.1, 0.15) is 44.8 Å². The van der Waals surface area contributed by atoms with Crippen molar-refractivity contribution in [2.45, 2.75) is 32.6 Å². The minimum absolute atomic E-state index is 0.253. The highest BCUT2D eigenvalue weighted by atomic mass is 32.1. The van der Waals surface area contributed by atoms with E-state index in [4.69, 9.17) is 5.73 Å². The third-order valence-corrected chi connectivity index (χ3v) is 5.37. The van der Waals surface area contributed by atoms with E-state index in [0.29, 0.717) is 10.6 Å². The number of aryl methyl sites for hydroxylation is 2. The van der Waals surface area contributed by atoms with Crippen molar-refractivity contribution < 1.29 is 9.59 Å². The summed E-state index contributed by atoms with van der Waals surface area (Å²) in [5.41, 5.74) is 9.18. The maximum Gasteiger partial charge on any atom is 0.251 e. The molecular formula is C19H20N2O2S. The first-order valence-electron chi connectivity index (χ1n) is 8.04. The molecule has 3 N–H and O–H groups in total. The van der Waals surface area contributed by atoms with Crippen LogP contribution in [0.15, 0.2) is 30.3 Å². The molecule has 1 aromatic carbocycles. The van der Waals surface area contributed by atoms with E-state index in [1.165, 1.54) is 27.9 Å². The molecule has 124 valence electrons. The van der Waals surface area contributed by atoms with Gasteiger partial charge in [-0.2, -0.15) is 0 Å². The second-order valence-electron chi connectivity index (χ2n) is 6.01. The topological polar surface area (TPSA) is 72.2 Å². The summed E-state index contributed by atoms with van der Waals surface area (Å²) >= 11 is 1.48. The van der Waals surface area contributed by atoms with Gasteiger partial charge in [-0.05, 0) is 49.8 Å². The standard InChI is InChI=1S/C19H20N2O2S/c1-12-6-8-13(9-7-12)10-11-16(22)21-19-17(18(20)23)14-4-2-3-5-15(14)24-19/h6-11H,2-5H2,1H3,(H2,20,23)(H,21,22)/b11-10+. The molecule has 2 amide bonds. The molecule has 3 rings (SSSR count). The summed E-state index contributed by atoms with van der Waals surface area (Å²) in [7, 11) is 0. The lowest BCUT2D eigenvalue weighted by molar-refractivity contribution is -0.111. The lowest BCUT2D eigenvalue weighted by Crippen LogP contribution is -2.17. The van der Waals surface area contributed by atoms with Crippen molar-refractivity contribution in [2.75, 3.05) is 5.32 Å². The maximum absolute atomic E-state index is 12.2. The molecule has 0 radical (unpaired) electrons. The van der Waals surface area contributed by atoms with Gasteiger partial charge in [0.25, 0.3) is 5.91 Å². The van der Waals surface area contributed by atoms with E-state index in [1.807, 2.05) is 31.2 Å². The normalized spacial score (nSPS) is 13.7. The zero-order chi connectivity index (χ0) is 17.1. The molecule has 0 unspecified atom stereocenters. The zero-order valence-corrected chi connectivity index (χ0v) is 14.4. The largest absolute Gasteiger partial charge is 0.365 e. The fourth-order valence-corrected chi connectivity index (χ4v) is 4.22. The molecule has 0 saturated heterocycles. The summed E-state index contributed by atoms with van der Waals surface area (Å²) in [5, 5.41) is 3.40. The summed E-state index contributed by atoms with van der Waals surface area (Å²) in [6.07, 6.45) is 7.23. The summed E-state index contributed by atoms with van der Waals surface area (Å²) < 4.78 is 0. The first-order chi connectivity index (χ1) is 11.5. The van der Waals surface area contributed by atoms with Crippen molar-refractivity contribution in [2.24, 2.45) is 5.73 Å². The number of anilines is 1. The molecule has 4 nitrogen and oxygen atoms in total. The van der Waals surface area contributed by atoms with Crippen LogP contribution in [0.5, 0.6) is 0 Å². The molecule has 1 heterocycles. The van der Waals surface area contributed by atoms with Crippen LogP contribution in [0.25, 0.3) is 6.08 Å². The van der Waals surface area contributed by atoms with Crippen LogP contribution >= 0.6 is 11.3 Å². The first kappa shape index (κ1) is 16.5. The van der Waals surface area contributed by atoms with Gasteiger partial charge in [-0.15, -0.1) is 11.3 Å². The summed E-state index contributed by atoms with van der Waals surface area (Å²) in [4.78, 5) is 25.2. The molecule has 5 heteroatoms. The van der Waals surface area contributed by atoms with Gasteiger partial charge in [-0.3, -0.25) is 9.59 Å². The number of carbonyl (C=O) groups excluding carboxylic acids is 2. The van der Waals surface area contributed by atoms with E-state index >= 15 is 0 Å². The fraction of sp³-hybridized carbons (Fsp3) is 0.263. The summed E-state index contributed by atoms with van der Waals surface area (Å²) in [6, 6.07) is 7.90. The SMILES string of the molecule is Cc1ccc(/C=C/C(=O)Nc2sc3c(c2C(N)=O)CCCC3)cc1. The number of benzene rings is 1. The number of amides is 2. The lowest BCUT2D eigenvalue weighted by atomic mass is 9.95. The Morgan fingerprint density at radius 2 is 1.88 bits per heavy atom. The Kier molecular flexibility index (Phi) is 4.81. The van der Waals surface area contributed by atoms with Gasteiger partial charge in [0, 0.05) is 11.0 Å². The van der Waals surface area contributed by atoms with Crippen LogP contribution in [-0.2, 0) is 17.6 Å². The number of hydrogen-bond donors (Lipinski definition) is 2. The lowest BCUT2D eigenvalue weighted by Gasteiger charge is -2.11. The third kappa shape index (κ3) is 3.57. The molecule has 2 aromatic rings. The van der Waals surface area contributed by atoms with Crippen molar-refractivity contribution in [3.05, 3.63) is 57.5 Å². The Morgan fingerprint density at radius 1 is 1.17 bits per heavy atom. The van der Waals surface area contributed by atoms with Crippen molar-refractivity contribution in [1.29, 1.82) is 0 Å². The van der Waals surface area contributed by atoms with E-state index in [0.717, 1.165) is 36.8 Å². The third-order valence-electron chi connectivity index (χ3n) is 4.16. The van der Waals surface area contributed by atoms with Crippen LogP contribution < -0.4 is 11.1 Å². The first-order valence-corrected chi connectivity index (χ1v) is 8.86. The molecule has 1 aromatic heterocycles. The molecule has 0 aliphatic heterocycles. The summed E-state index contributed by atoms with van der Waals surface area (Å²) in [5.74, 6) is -0.719. The van der Waals surface area contributed by atoms with Crippen molar-refractivity contribution in [3.63, 3.8) is 0 Å². The summed E-state index contributed by atoms with van der Waals surface area (Å²) in [6.45, 7) is 2.02. The zero-order valence-electron chi connectivity index (χ0n) is 13.6. The molecule has 0 fully saturated rings. The average Bonchev–Trinajstić information content (AvgIpc) is 2.92. The average molecular weight is 340 g/mol. The molecule has 0 bridgehead atoms. The molecule has 1 aliphatic carbocycles. The van der Waals surface area contributed by atoms with Crippen LogP contribution in [0, 0.1) is 6.92 Å². The molecule has 24 heavy (non-hydrogen) atoms. The number of carbonyl (C=O) groups is 2. The maximum atomic E-state index is 12.2. The Bertz CT molecular complexity index is 804. The van der Waals surface area contributed by atoms with Gasteiger partial charge in [0.2, 0.25) is 5.91 Å². The van der Waals surface area contributed by atoms with Crippen LogP contribution in [0.3, 0.4) is 0 Å². The number of primary amides is 1. The van der Waals surface area contributed by atoms with E-state index in [2.05, 4.69) is 5.32 Å². The Labute approximate surface area is 145 Å². The van der Waals surface area contributed by atoms with E-state index in [1.54, 1.807) is 6.08 Å². The number of rotatable bonds is 4. The molecule has 0 atom stereocenters. The van der Waals surface area contributed by atoms with Gasteiger partial charge in [0.05, 0.1) is 5.56 Å². The predicted octanol–water partition coefficient (Wildman–Crippen LogP) is 3.69. The molecule has 1 aliphatic rings. The Morgan fingerprint density at radius 3 is 2.58 bits per heavy atom. The van der Waals surface area contributed by atoms with Crippen molar-refractivity contribution >= 4 is 34.2 Å². The highest BCUT2D eigenvalue weighted by Gasteiger charge is 2.24. The highest BCUT2D eigenvalue weighted by Crippen LogP contribution is 2.37. The van der Waals surface area contributed by atoms with Gasteiger partial charge in [0.1, 0.15) is 5.00 Å². The predicted molar refractivity (Wildman–Crippen MR) is 98.3 cm³/mol. The van der Waals surface area contributed by atoms with Gasteiger partial charge in [-0.25, -0.2) is 0 Å². The number of fused-ring (bicyclic) bond motifs is 1. The fourth-order valence-electron chi connectivity index (χ4n) is 2.92. The van der Waals surface area contributed by atoms with Crippen LogP contribution in [0.4, 0.5) is 5.00 Å². The quantitative estimate of drug-likeness (QED) is 0.833. The minimum atomic E-state index is -0.466. The number of hydrogen-bond acceptors (Lipinski definition) is 3. The number of thiophene rings is 1. The van der Waals surface area contributed by atoms with Crippen molar-refractivity contribution in [3.8, 4) is 0 Å². The van der Waals surface area contributed by atoms with Gasteiger partial charge >= 0.3 is 0 Å². The monoisotopic (exact) mass is 340 g/mol. The second-order valence-corrected chi connectivity index (χ2v) is 7.12. The number of nitrogens with two attached hydrogens (primary N) is 1. The highest BCUT2D eigenvalue weighted by molar-refractivity contribution is 7.17. The van der Waals surface area contributed by atoms with Crippen LogP contribution in [0.2, 0.25) is 0 Å². The molecule has 0 saturated carbocycles. The Hall–Kier alpha value is -2.40. The Balaban J connectivity index is 1.78. The van der Waals surface area contributed by atoms with Gasteiger partial charge in [-0.1, -0.05) is 29.8 Å². The van der Waals surface area contributed by atoms with E-state index in [9.17, 15) is 9.59 Å². The number of nitrogens with one attached hydrogen (secondary N) is 1. The molecule has 0 spiro atoms. The van der Waals surface area contributed by atoms with Gasteiger partial charge < -0.3 is 11.1 Å². The molecular weight excluding hydrogens is 320 g/mol. The van der Waals surface area contributed by atoms with Gasteiger partial charge in [0.15, 0.2) is 0 Å². The van der Waals surface area contributed by atoms with E-state index < -0.39 is 5.91 Å². The minimum Gasteiger partial charge on any atom is -0.365 e. The van der Waals surface area contributed by atoms with Crippen LogP contribution in [-0.4, -0.2) is 11.8 Å². The second kappa shape index (κ2) is 7.01. The van der Waals surface area contributed by atoms with Crippen molar-refractivity contribution in [1.82, 2.24) is 0 Å². The van der Waals surface area contributed by atoms with E-state index in [-0.39, 0.29) is 5.91 Å².